The van der Waals surface area contributed by atoms with E-state index < -0.39 is 86.7 Å². The first-order valence-corrected chi connectivity index (χ1v) is 28.7. The molecule has 2 aliphatic heterocycles. The predicted octanol–water partition coefficient (Wildman–Crippen LogP) is 9.91. The lowest BCUT2D eigenvalue weighted by atomic mass is 9.98. The van der Waals surface area contributed by atoms with E-state index >= 15 is 0 Å². The third kappa shape index (κ3) is 31.7. The van der Waals surface area contributed by atoms with Gasteiger partial charge in [0.2, 0.25) is 0 Å². The number of unbranched alkanes of at least 4 members (excludes halogenated alkanes) is 24. The number of hydrogen-bond donors (Lipinski definition) is 7. The lowest BCUT2D eigenvalue weighted by Gasteiger charge is -2.42. The van der Waals surface area contributed by atoms with Gasteiger partial charge in [0.15, 0.2) is 12.6 Å². The van der Waals surface area contributed by atoms with Crippen LogP contribution in [0.5, 0.6) is 0 Å². The molecule has 11 atom stereocenters. The molecule has 0 saturated carbocycles. The minimum absolute atomic E-state index is 0.0248. The second-order valence-electron chi connectivity index (χ2n) is 20.1. The van der Waals surface area contributed by atoms with Crippen LogP contribution in [0.15, 0.2) is 48.6 Å². The monoisotopic (exact) mass is 1020 g/mol. The molecule has 14 heteroatoms. The number of rotatable bonds is 46. The van der Waals surface area contributed by atoms with Gasteiger partial charge in [0.25, 0.3) is 0 Å². The molecule has 0 aromatic carbocycles. The first-order chi connectivity index (χ1) is 35.1. The summed E-state index contributed by atoms with van der Waals surface area (Å²) in [7, 11) is 0. The second-order valence-corrected chi connectivity index (χ2v) is 20.1. The van der Waals surface area contributed by atoms with E-state index in [0.717, 1.165) is 57.8 Å². The van der Waals surface area contributed by atoms with Crippen molar-refractivity contribution in [3.8, 4) is 0 Å². The molecule has 0 aromatic heterocycles. The largest absolute Gasteiger partial charge is 0.457 e. The van der Waals surface area contributed by atoms with Crippen molar-refractivity contribution in [2.45, 2.75) is 280 Å². The van der Waals surface area contributed by atoms with Crippen LogP contribution in [0.3, 0.4) is 0 Å². The average molecular weight is 1030 g/mol. The summed E-state index contributed by atoms with van der Waals surface area (Å²) in [6.07, 6.45) is 37.7. The van der Waals surface area contributed by atoms with Gasteiger partial charge >= 0.3 is 5.97 Å². The molecule has 0 spiro atoms. The van der Waals surface area contributed by atoms with Crippen LogP contribution in [0.2, 0.25) is 0 Å². The van der Waals surface area contributed by atoms with Gasteiger partial charge in [0.05, 0.1) is 26.4 Å². The van der Waals surface area contributed by atoms with Gasteiger partial charge in [-0.05, 0) is 44.9 Å². The summed E-state index contributed by atoms with van der Waals surface area (Å²) < 4.78 is 34.3. The molecule has 0 bridgehead atoms. The summed E-state index contributed by atoms with van der Waals surface area (Å²) in [5, 5.41) is 72.2. The average Bonchev–Trinajstić information content (AvgIpc) is 3.38. The zero-order valence-corrected chi connectivity index (χ0v) is 44.9. The quantitative estimate of drug-likeness (QED) is 0.0172. The minimum Gasteiger partial charge on any atom is -0.457 e. The molecule has 0 amide bonds. The van der Waals surface area contributed by atoms with Gasteiger partial charge in [-0.25, -0.2) is 0 Å². The van der Waals surface area contributed by atoms with Crippen molar-refractivity contribution in [2.24, 2.45) is 0 Å². The van der Waals surface area contributed by atoms with Crippen LogP contribution in [-0.2, 0) is 33.2 Å². The van der Waals surface area contributed by atoms with Crippen LogP contribution >= 0.6 is 0 Å². The fraction of sp³-hybridized carbons (Fsp3) is 0.845. The molecule has 2 saturated heterocycles. The van der Waals surface area contributed by atoms with E-state index in [-0.39, 0.29) is 19.6 Å². The van der Waals surface area contributed by atoms with Crippen LogP contribution in [0.4, 0.5) is 0 Å². The Hall–Kier alpha value is -2.05. The number of carbonyl (C=O) groups excluding carboxylic acids is 1. The van der Waals surface area contributed by atoms with Crippen LogP contribution in [-0.4, -0.2) is 142 Å². The minimum atomic E-state index is -1.72. The molecule has 0 aliphatic carbocycles. The van der Waals surface area contributed by atoms with Crippen molar-refractivity contribution >= 4 is 5.97 Å². The van der Waals surface area contributed by atoms with Crippen molar-refractivity contribution in [1.82, 2.24) is 0 Å². The molecule has 0 aromatic rings. The third-order valence-corrected chi connectivity index (χ3v) is 13.6. The summed E-state index contributed by atoms with van der Waals surface area (Å²) >= 11 is 0. The van der Waals surface area contributed by atoms with Crippen LogP contribution < -0.4 is 0 Å². The number of ether oxygens (including phenoxy) is 6. The smallest absolute Gasteiger partial charge is 0.306 e. The Morgan fingerprint density at radius 1 is 0.472 bits per heavy atom. The fourth-order valence-corrected chi connectivity index (χ4v) is 9.00. The molecule has 14 nitrogen and oxygen atoms in total. The van der Waals surface area contributed by atoms with Crippen molar-refractivity contribution < 1.29 is 69.0 Å². The number of esters is 1. The summed E-state index contributed by atoms with van der Waals surface area (Å²) in [4.78, 5) is 13.1. The highest BCUT2D eigenvalue weighted by Gasteiger charge is 2.47. The molecule has 2 rings (SSSR count). The Labute approximate surface area is 435 Å². The maximum atomic E-state index is 13.1. The summed E-state index contributed by atoms with van der Waals surface area (Å²) in [6.45, 7) is 3.45. The molecule has 2 fully saturated rings. The van der Waals surface area contributed by atoms with E-state index in [1.807, 2.05) is 0 Å². The summed E-state index contributed by atoms with van der Waals surface area (Å²) in [5.41, 5.74) is 0. The van der Waals surface area contributed by atoms with Crippen molar-refractivity contribution in [3.05, 3.63) is 48.6 Å². The number of hydrogen-bond acceptors (Lipinski definition) is 14. The molecule has 11 unspecified atom stereocenters. The summed E-state index contributed by atoms with van der Waals surface area (Å²) in [6, 6.07) is 0. The SMILES string of the molecule is CC/C=C\C/C=C\C/C=C\C/C=C\CCCOCC(COC1OC(COC2OC(CO)C(O)C(O)C2O)C(O)C(O)C1O)OC(=O)CCCCCCCCCCCCCCCCCCCCCCCCCC. The lowest BCUT2D eigenvalue weighted by Crippen LogP contribution is -2.61. The van der Waals surface area contributed by atoms with Crippen LogP contribution in [0.25, 0.3) is 0 Å². The topological polar surface area (TPSA) is 214 Å². The lowest BCUT2D eigenvalue weighted by molar-refractivity contribution is -0.332. The Bertz CT molecular complexity index is 1370. The van der Waals surface area contributed by atoms with Crippen LogP contribution in [0.1, 0.15) is 213 Å². The Kier molecular flexibility index (Phi) is 41.4. The molecular formula is C58H104O14. The van der Waals surface area contributed by atoms with E-state index in [1.54, 1.807) is 0 Å². The highest BCUT2D eigenvalue weighted by Crippen LogP contribution is 2.27. The molecule has 7 N–H and O–H groups in total. The highest BCUT2D eigenvalue weighted by molar-refractivity contribution is 5.69. The standard InChI is InChI=1S/C58H104O14/c1-3-5-7-9-11-13-15-17-19-20-21-22-23-24-25-26-27-28-29-31-33-35-37-39-41-50(60)70-47(44-67-42-40-38-36-34-32-30-18-16-14-12-10-8-6-4-2)45-68-57-56(66)54(64)52(62)49(72-57)46-69-58-55(65)53(63)51(61)48(43-59)71-58/h6,8,12,14,18,30,34,36,47-49,51-59,61-66H,3-5,7,9-11,13,15-17,19-29,31-33,35,37-46H2,1-2H3/b8-6-,14-12-,30-18-,36-34-. The van der Waals surface area contributed by atoms with Gasteiger partial charge < -0.3 is 64.2 Å². The first kappa shape index (κ1) is 66.1. The van der Waals surface area contributed by atoms with Crippen LogP contribution in [0, 0.1) is 0 Å². The maximum Gasteiger partial charge on any atom is 0.306 e. The zero-order chi connectivity index (χ0) is 52.3. The Morgan fingerprint density at radius 2 is 0.889 bits per heavy atom. The fourth-order valence-electron chi connectivity index (χ4n) is 9.00. The van der Waals surface area contributed by atoms with E-state index in [1.165, 1.54) is 128 Å². The maximum absolute atomic E-state index is 13.1. The van der Waals surface area contributed by atoms with Gasteiger partial charge in [0, 0.05) is 13.0 Å². The van der Waals surface area contributed by atoms with Gasteiger partial charge in [-0.1, -0.05) is 210 Å². The van der Waals surface area contributed by atoms with E-state index in [9.17, 15) is 40.5 Å². The zero-order valence-electron chi connectivity index (χ0n) is 44.9. The molecule has 0 radical (unpaired) electrons. The van der Waals surface area contributed by atoms with E-state index in [4.69, 9.17) is 28.4 Å². The number of aliphatic hydroxyl groups is 7. The predicted molar refractivity (Wildman–Crippen MR) is 284 cm³/mol. The van der Waals surface area contributed by atoms with E-state index in [0.29, 0.717) is 13.0 Å². The number of aliphatic hydroxyl groups excluding tert-OH is 7. The van der Waals surface area contributed by atoms with Gasteiger partial charge in [-0.15, -0.1) is 0 Å². The number of carbonyl (C=O) groups is 1. The Balaban J connectivity index is 1.70. The third-order valence-electron chi connectivity index (χ3n) is 13.6. The molecule has 72 heavy (non-hydrogen) atoms. The Morgan fingerprint density at radius 3 is 1.36 bits per heavy atom. The van der Waals surface area contributed by atoms with Gasteiger partial charge in [-0.2, -0.15) is 0 Å². The van der Waals surface area contributed by atoms with Crippen molar-refractivity contribution in [2.75, 3.05) is 33.0 Å². The summed E-state index contributed by atoms with van der Waals surface area (Å²) in [5.74, 6) is -0.391. The molecule has 2 heterocycles. The molecule has 2 aliphatic rings. The van der Waals surface area contributed by atoms with E-state index in [2.05, 4.69) is 62.5 Å². The van der Waals surface area contributed by atoms with Gasteiger partial charge in [0.1, 0.15) is 54.9 Å². The first-order valence-electron chi connectivity index (χ1n) is 28.7. The van der Waals surface area contributed by atoms with Crippen molar-refractivity contribution in [1.29, 1.82) is 0 Å². The second kappa shape index (κ2) is 45.2. The molecule has 420 valence electrons. The molecular weight excluding hydrogens is 921 g/mol. The van der Waals surface area contributed by atoms with Crippen molar-refractivity contribution in [3.63, 3.8) is 0 Å². The van der Waals surface area contributed by atoms with Gasteiger partial charge in [-0.3, -0.25) is 4.79 Å². The number of allylic oxidation sites excluding steroid dienone is 8. The highest BCUT2D eigenvalue weighted by atomic mass is 16.7. The normalized spacial score (nSPS) is 25.5.